The normalized spacial score (nSPS) is 17.2. The minimum Gasteiger partial charge on any atom is -0.496 e. The quantitative estimate of drug-likeness (QED) is 0.466. The maximum Gasteiger partial charge on any atom is 0.416 e. The fourth-order valence-corrected chi connectivity index (χ4v) is 3.32. The molecule has 2 aromatic carbocycles. The van der Waals surface area contributed by atoms with Crippen molar-refractivity contribution < 1.29 is 41.7 Å². The van der Waals surface area contributed by atoms with Crippen LogP contribution >= 0.6 is 0 Å². The van der Waals surface area contributed by atoms with Gasteiger partial charge in [-0.3, -0.25) is 4.79 Å². The van der Waals surface area contributed by atoms with Gasteiger partial charge in [0.2, 0.25) is 0 Å². The lowest BCUT2D eigenvalue weighted by molar-refractivity contribution is -0.171. The van der Waals surface area contributed by atoms with Gasteiger partial charge in [-0.15, -0.1) is 0 Å². The van der Waals surface area contributed by atoms with Crippen LogP contribution in [0.5, 0.6) is 5.75 Å². The first kappa shape index (κ1) is 24.0. The first-order valence-electron chi connectivity index (χ1n) is 9.91. The molecule has 0 aliphatic carbocycles. The fourth-order valence-electron chi connectivity index (χ4n) is 3.32. The highest BCUT2D eigenvalue weighted by Crippen LogP contribution is 2.30. The van der Waals surface area contributed by atoms with Gasteiger partial charge in [-0.2, -0.15) is 13.2 Å². The molecule has 0 radical (unpaired) electrons. The number of rotatable bonds is 8. The van der Waals surface area contributed by atoms with Crippen molar-refractivity contribution in [2.45, 2.75) is 44.6 Å². The Labute approximate surface area is 182 Å². The number of aliphatic hydroxyl groups excluding tert-OH is 1. The second kappa shape index (κ2) is 10.3. The summed E-state index contributed by atoms with van der Waals surface area (Å²) >= 11 is 0. The zero-order valence-electron chi connectivity index (χ0n) is 17.2. The first-order chi connectivity index (χ1) is 15.2. The highest BCUT2D eigenvalue weighted by atomic mass is 19.4. The van der Waals surface area contributed by atoms with Crippen LogP contribution < -0.4 is 10.1 Å². The Bertz CT molecular complexity index is 944. The summed E-state index contributed by atoms with van der Waals surface area (Å²) in [6, 6.07) is 6.79. The molecule has 0 aromatic heterocycles. The summed E-state index contributed by atoms with van der Waals surface area (Å²) in [7, 11) is 1.44. The topological polar surface area (TPSA) is 77.0 Å². The molecule has 1 aliphatic heterocycles. The third-order valence-corrected chi connectivity index (χ3v) is 5.03. The van der Waals surface area contributed by atoms with E-state index in [-0.39, 0.29) is 25.3 Å². The number of hydrogen-bond donors (Lipinski definition) is 2. The van der Waals surface area contributed by atoms with Crippen LogP contribution in [-0.2, 0) is 28.8 Å². The van der Waals surface area contributed by atoms with Gasteiger partial charge in [-0.25, -0.2) is 4.39 Å². The number of hydrogen-bond acceptors (Lipinski definition) is 5. The monoisotopic (exact) mass is 457 g/mol. The number of carbonyl (C=O) groups excluding carboxylic acids is 1. The van der Waals surface area contributed by atoms with E-state index in [2.05, 4.69) is 5.32 Å². The summed E-state index contributed by atoms with van der Waals surface area (Å²) in [5, 5.41) is 12.5. The van der Waals surface area contributed by atoms with Gasteiger partial charge in [0.05, 0.1) is 24.8 Å². The number of benzene rings is 2. The molecule has 1 amide bonds. The maximum absolute atomic E-state index is 14.0. The number of carbonyl (C=O) groups is 1. The van der Waals surface area contributed by atoms with Crippen molar-refractivity contribution in [1.82, 2.24) is 5.32 Å². The first-order valence-corrected chi connectivity index (χ1v) is 9.91. The van der Waals surface area contributed by atoms with E-state index in [4.69, 9.17) is 14.2 Å². The molecule has 0 spiro atoms. The molecule has 2 unspecified atom stereocenters. The van der Waals surface area contributed by atoms with E-state index in [1.807, 2.05) is 0 Å². The highest BCUT2D eigenvalue weighted by Gasteiger charge is 2.31. The van der Waals surface area contributed by atoms with Crippen molar-refractivity contribution in [3.63, 3.8) is 0 Å². The molecule has 1 saturated heterocycles. The second-order valence-corrected chi connectivity index (χ2v) is 7.27. The Kier molecular flexibility index (Phi) is 7.70. The van der Waals surface area contributed by atoms with Crippen LogP contribution in [0.2, 0.25) is 0 Å². The Morgan fingerprint density at radius 2 is 2.06 bits per heavy atom. The zero-order chi connectivity index (χ0) is 23.3. The summed E-state index contributed by atoms with van der Waals surface area (Å²) in [5.74, 6) is -1.69. The molecule has 2 aromatic rings. The van der Waals surface area contributed by atoms with Crippen LogP contribution in [0.25, 0.3) is 0 Å². The minimum atomic E-state index is -4.71. The number of aliphatic hydroxyl groups is 1. The predicted molar refractivity (Wildman–Crippen MR) is 105 cm³/mol. The molecule has 6 nitrogen and oxygen atoms in total. The van der Waals surface area contributed by atoms with Crippen molar-refractivity contribution >= 4 is 5.91 Å². The number of ether oxygens (including phenoxy) is 3. The van der Waals surface area contributed by atoms with Crippen molar-refractivity contribution in [1.29, 1.82) is 0 Å². The van der Waals surface area contributed by atoms with E-state index in [1.54, 1.807) is 18.2 Å². The lowest BCUT2D eigenvalue weighted by Gasteiger charge is -2.18. The van der Waals surface area contributed by atoms with Gasteiger partial charge in [0, 0.05) is 18.7 Å². The minimum absolute atomic E-state index is 0.0649. The van der Waals surface area contributed by atoms with E-state index in [0.29, 0.717) is 36.0 Å². The summed E-state index contributed by atoms with van der Waals surface area (Å²) in [6.07, 6.45) is -4.57. The lowest BCUT2D eigenvalue weighted by Crippen LogP contribution is -2.28. The van der Waals surface area contributed by atoms with Crippen LogP contribution in [0.1, 0.15) is 39.9 Å². The van der Waals surface area contributed by atoms with Crippen LogP contribution in [0.4, 0.5) is 17.6 Å². The SMILES string of the molecule is COc1ccc(COC(O)C2CCCO2)cc1CNC(=O)c1ccc(C(F)(F)F)cc1F. The zero-order valence-corrected chi connectivity index (χ0v) is 17.2. The van der Waals surface area contributed by atoms with Gasteiger partial charge in [-0.1, -0.05) is 6.07 Å². The third-order valence-electron chi connectivity index (χ3n) is 5.03. The van der Waals surface area contributed by atoms with Crippen molar-refractivity contribution in [2.24, 2.45) is 0 Å². The Hall–Kier alpha value is -2.69. The molecule has 1 fully saturated rings. The predicted octanol–water partition coefficient (Wildman–Crippen LogP) is 3.80. The largest absolute Gasteiger partial charge is 0.496 e. The molecule has 2 N–H and O–H groups in total. The average Bonchev–Trinajstić information content (AvgIpc) is 3.30. The average molecular weight is 457 g/mol. The molecule has 1 heterocycles. The molecular weight excluding hydrogens is 434 g/mol. The maximum atomic E-state index is 14.0. The summed E-state index contributed by atoms with van der Waals surface area (Å²) in [6.45, 7) is 0.598. The van der Waals surface area contributed by atoms with Crippen LogP contribution in [0.3, 0.4) is 0 Å². The van der Waals surface area contributed by atoms with Crippen molar-refractivity contribution in [3.8, 4) is 5.75 Å². The number of methoxy groups -OCH3 is 1. The number of nitrogens with one attached hydrogen (secondary N) is 1. The molecule has 174 valence electrons. The van der Waals surface area contributed by atoms with Crippen molar-refractivity contribution in [2.75, 3.05) is 13.7 Å². The lowest BCUT2D eigenvalue weighted by atomic mass is 10.1. The second-order valence-electron chi connectivity index (χ2n) is 7.27. The smallest absolute Gasteiger partial charge is 0.416 e. The number of amides is 1. The number of alkyl halides is 3. The Morgan fingerprint density at radius 3 is 2.69 bits per heavy atom. The van der Waals surface area contributed by atoms with Crippen molar-refractivity contribution in [3.05, 3.63) is 64.5 Å². The van der Waals surface area contributed by atoms with Crippen LogP contribution in [0.15, 0.2) is 36.4 Å². The van der Waals surface area contributed by atoms with E-state index in [9.17, 15) is 27.5 Å². The third kappa shape index (κ3) is 5.96. The molecule has 10 heteroatoms. The number of halogens is 4. The van der Waals surface area contributed by atoms with Gasteiger partial charge in [0.1, 0.15) is 17.7 Å². The fraction of sp³-hybridized carbons (Fsp3) is 0.409. The Balaban J connectivity index is 1.64. The van der Waals surface area contributed by atoms with E-state index < -0.39 is 35.3 Å². The van der Waals surface area contributed by atoms with Crippen LogP contribution in [0, 0.1) is 5.82 Å². The molecule has 32 heavy (non-hydrogen) atoms. The van der Waals surface area contributed by atoms with Gasteiger partial charge in [0.25, 0.3) is 5.91 Å². The van der Waals surface area contributed by atoms with Gasteiger partial charge < -0.3 is 24.6 Å². The molecule has 2 atom stereocenters. The summed E-state index contributed by atoms with van der Waals surface area (Å²) in [4.78, 5) is 12.3. The molecule has 0 bridgehead atoms. The van der Waals surface area contributed by atoms with Gasteiger partial charge in [-0.05, 0) is 48.7 Å². The Morgan fingerprint density at radius 1 is 1.28 bits per heavy atom. The molecule has 1 aliphatic rings. The van der Waals surface area contributed by atoms with Gasteiger partial charge >= 0.3 is 6.18 Å². The van der Waals surface area contributed by atoms with E-state index >= 15 is 0 Å². The van der Waals surface area contributed by atoms with Gasteiger partial charge in [0.15, 0.2) is 6.29 Å². The highest BCUT2D eigenvalue weighted by molar-refractivity contribution is 5.94. The molecular formula is C22H23F4NO5. The summed E-state index contributed by atoms with van der Waals surface area (Å²) in [5.41, 5.74) is -0.448. The van der Waals surface area contributed by atoms with E-state index in [0.717, 1.165) is 12.5 Å². The standard InChI is InChI=1S/C22H23F4NO5/c1-30-18-7-4-13(12-32-21(29)19-3-2-8-31-19)9-14(18)11-27-20(28)16-6-5-15(10-17(16)23)22(24,25)26/h4-7,9-10,19,21,29H,2-3,8,11-12H2,1H3,(H,27,28). The molecule has 0 saturated carbocycles. The molecule has 3 rings (SSSR count). The summed E-state index contributed by atoms with van der Waals surface area (Å²) < 4.78 is 68.2. The van der Waals surface area contributed by atoms with E-state index in [1.165, 1.54) is 7.11 Å². The van der Waals surface area contributed by atoms with Crippen LogP contribution in [-0.4, -0.2) is 37.1 Å².